The van der Waals surface area contributed by atoms with E-state index in [-0.39, 0.29) is 12.4 Å². The molecule has 0 radical (unpaired) electrons. The molecule has 2 N–H and O–H groups in total. The van der Waals surface area contributed by atoms with Crippen LogP contribution in [0, 0.1) is 0 Å². The monoisotopic (exact) mass is 193 g/mol. The number of hydrogen-bond donors (Lipinski definition) is 2. The van der Waals surface area contributed by atoms with E-state index in [1.807, 2.05) is 0 Å². The average molecular weight is 193 g/mol. The molecule has 0 fully saturated rings. The molecule has 12 heavy (non-hydrogen) atoms. The topological polar surface area (TPSA) is 66.4 Å². The predicted octanol–water partition coefficient (Wildman–Crippen LogP) is -0.136. The Bertz CT molecular complexity index is 211. The summed E-state index contributed by atoms with van der Waals surface area (Å²) in [6, 6.07) is 0. The molecule has 0 saturated carbocycles. The second-order valence-corrected chi connectivity index (χ2v) is 4.25. The van der Waals surface area contributed by atoms with E-state index >= 15 is 0 Å². The fourth-order valence-corrected chi connectivity index (χ4v) is 1.56. The third-order valence-electron chi connectivity index (χ3n) is 1.24. The molecule has 0 heterocycles. The minimum absolute atomic E-state index is 0.0495. The highest BCUT2D eigenvalue weighted by molar-refractivity contribution is 7.89. The van der Waals surface area contributed by atoms with Crippen LogP contribution in [0.25, 0.3) is 0 Å². The van der Waals surface area contributed by atoms with Gasteiger partial charge in [-0.2, -0.15) is 0 Å². The van der Waals surface area contributed by atoms with Crippen LogP contribution in [-0.4, -0.2) is 32.4 Å². The summed E-state index contributed by atoms with van der Waals surface area (Å²) < 4.78 is 24.3. The normalized spacial score (nSPS) is 11.4. The average Bonchev–Trinajstić information content (AvgIpc) is 1.98. The molecule has 0 aromatic heterocycles. The van der Waals surface area contributed by atoms with E-state index in [0.717, 1.165) is 0 Å². The quantitative estimate of drug-likeness (QED) is 0.437. The highest BCUT2D eigenvalue weighted by Gasteiger charge is 2.04. The molecule has 0 unspecified atom stereocenters. The molecular weight excluding hydrogens is 178 g/mol. The van der Waals surface area contributed by atoms with Gasteiger partial charge >= 0.3 is 0 Å². The van der Waals surface area contributed by atoms with Crippen molar-refractivity contribution in [1.82, 2.24) is 4.72 Å². The Morgan fingerprint density at radius 3 is 2.58 bits per heavy atom. The lowest BCUT2D eigenvalue weighted by atomic mass is 10.3. The summed E-state index contributed by atoms with van der Waals surface area (Å²) in [6.07, 6.45) is 2.62. The van der Waals surface area contributed by atoms with Crippen molar-refractivity contribution < 1.29 is 13.5 Å². The first kappa shape index (κ1) is 11.6. The highest BCUT2D eigenvalue weighted by atomic mass is 32.2. The summed E-state index contributed by atoms with van der Waals surface area (Å²) in [4.78, 5) is 0. The lowest BCUT2D eigenvalue weighted by molar-refractivity contribution is 0.285. The molecule has 0 rings (SSSR count). The van der Waals surface area contributed by atoms with Crippen molar-refractivity contribution in [2.75, 3.05) is 18.9 Å². The number of sulfonamides is 1. The molecule has 0 aromatic carbocycles. The van der Waals surface area contributed by atoms with Gasteiger partial charge < -0.3 is 5.11 Å². The second-order valence-electron chi connectivity index (χ2n) is 2.40. The first-order valence-electron chi connectivity index (χ1n) is 3.81. The summed E-state index contributed by atoms with van der Waals surface area (Å²) in [7, 11) is -3.16. The number of unbranched alkanes of at least 4 members (excludes halogenated alkanes) is 1. The van der Waals surface area contributed by atoms with Crippen molar-refractivity contribution in [2.45, 2.75) is 12.8 Å². The van der Waals surface area contributed by atoms with Crippen molar-refractivity contribution in [1.29, 1.82) is 0 Å². The molecule has 0 atom stereocenters. The molecule has 0 bridgehead atoms. The molecule has 0 spiro atoms. The molecule has 72 valence electrons. The van der Waals surface area contributed by atoms with Crippen LogP contribution < -0.4 is 4.72 Å². The van der Waals surface area contributed by atoms with Crippen LogP contribution in [0.4, 0.5) is 0 Å². The minimum Gasteiger partial charge on any atom is -0.396 e. The zero-order chi connectivity index (χ0) is 9.45. The molecule has 0 saturated heterocycles. The Balaban J connectivity index is 3.55. The van der Waals surface area contributed by atoms with Crippen LogP contribution in [0.2, 0.25) is 0 Å². The molecule has 0 aliphatic rings. The molecule has 0 amide bonds. The number of hydrogen-bond acceptors (Lipinski definition) is 3. The third kappa shape index (κ3) is 6.33. The lowest BCUT2D eigenvalue weighted by Gasteiger charge is -2.02. The Hall–Kier alpha value is -0.390. The summed E-state index contributed by atoms with van der Waals surface area (Å²) in [5.74, 6) is -0.0495. The largest absolute Gasteiger partial charge is 0.396 e. The number of nitrogens with one attached hydrogen (secondary N) is 1. The van der Waals surface area contributed by atoms with E-state index in [1.165, 1.54) is 6.08 Å². The van der Waals surface area contributed by atoms with Gasteiger partial charge in [0.1, 0.15) is 0 Å². The van der Waals surface area contributed by atoms with Gasteiger partial charge in [0.2, 0.25) is 10.0 Å². The summed E-state index contributed by atoms with van der Waals surface area (Å²) in [5.41, 5.74) is 0. The van der Waals surface area contributed by atoms with E-state index in [4.69, 9.17) is 5.11 Å². The molecular formula is C7H15NO3S. The van der Waals surface area contributed by atoms with Crippen molar-refractivity contribution in [2.24, 2.45) is 0 Å². The second kappa shape index (κ2) is 6.16. The van der Waals surface area contributed by atoms with Gasteiger partial charge in [-0.25, -0.2) is 13.1 Å². The van der Waals surface area contributed by atoms with Gasteiger partial charge in [-0.1, -0.05) is 6.08 Å². The van der Waals surface area contributed by atoms with E-state index in [1.54, 1.807) is 0 Å². The Morgan fingerprint density at radius 2 is 2.08 bits per heavy atom. The zero-order valence-electron chi connectivity index (χ0n) is 6.99. The predicted molar refractivity (Wildman–Crippen MR) is 48.3 cm³/mol. The van der Waals surface area contributed by atoms with Gasteiger partial charge in [0.15, 0.2) is 0 Å². The van der Waals surface area contributed by atoms with E-state index in [2.05, 4.69) is 11.3 Å². The van der Waals surface area contributed by atoms with Gasteiger partial charge in [-0.05, 0) is 12.8 Å². The van der Waals surface area contributed by atoms with Crippen LogP contribution in [-0.2, 0) is 10.0 Å². The van der Waals surface area contributed by atoms with Crippen LogP contribution >= 0.6 is 0 Å². The van der Waals surface area contributed by atoms with E-state index in [9.17, 15) is 8.42 Å². The SMILES string of the molecule is C=CCS(=O)(=O)NCCCCO. The van der Waals surface area contributed by atoms with Gasteiger partial charge in [-0.3, -0.25) is 0 Å². The van der Waals surface area contributed by atoms with E-state index < -0.39 is 10.0 Å². The molecule has 4 nitrogen and oxygen atoms in total. The van der Waals surface area contributed by atoms with Crippen molar-refractivity contribution >= 4 is 10.0 Å². The molecule has 0 aliphatic heterocycles. The smallest absolute Gasteiger partial charge is 0.215 e. The van der Waals surface area contributed by atoms with Gasteiger partial charge in [0, 0.05) is 13.2 Å². The Morgan fingerprint density at radius 1 is 1.42 bits per heavy atom. The Labute approximate surface area is 73.3 Å². The maximum Gasteiger partial charge on any atom is 0.215 e. The maximum absolute atomic E-state index is 10.9. The molecule has 0 aliphatic carbocycles. The summed E-state index contributed by atoms with van der Waals surface area (Å²) in [6.45, 7) is 3.82. The fraction of sp³-hybridized carbons (Fsp3) is 0.714. The zero-order valence-corrected chi connectivity index (χ0v) is 7.81. The maximum atomic E-state index is 10.9. The van der Waals surface area contributed by atoms with Gasteiger partial charge in [0.05, 0.1) is 5.75 Å². The fourth-order valence-electron chi connectivity index (χ4n) is 0.679. The molecule has 5 heteroatoms. The summed E-state index contributed by atoms with van der Waals surface area (Å²) >= 11 is 0. The minimum atomic E-state index is -3.16. The molecule has 0 aromatic rings. The van der Waals surface area contributed by atoms with E-state index in [0.29, 0.717) is 19.4 Å². The lowest BCUT2D eigenvalue weighted by Crippen LogP contribution is -2.26. The van der Waals surface area contributed by atoms with Crippen molar-refractivity contribution in [3.63, 3.8) is 0 Å². The number of aliphatic hydroxyl groups excluding tert-OH is 1. The first-order chi connectivity index (χ1) is 5.62. The van der Waals surface area contributed by atoms with Crippen LogP contribution in [0.1, 0.15) is 12.8 Å². The van der Waals surface area contributed by atoms with Gasteiger partial charge in [0.25, 0.3) is 0 Å². The van der Waals surface area contributed by atoms with Crippen molar-refractivity contribution in [3.8, 4) is 0 Å². The van der Waals surface area contributed by atoms with Crippen LogP contribution in [0.5, 0.6) is 0 Å². The van der Waals surface area contributed by atoms with Crippen molar-refractivity contribution in [3.05, 3.63) is 12.7 Å². The standard InChI is InChI=1S/C7H15NO3S/c1-2-7-12(10,11)8-5-3-4-6-9/h2,8-9H,1,3-7H2. The summed E-state index contributed by atoms with van der Waals surface area (Å²) in [5, 5.41) is 8.41. The van der Waals surface area contributed by atoms with Crippen LogP contribution in [0.15, 0.2) is 12.7 Å². The van der Waals surface area contributed by atoms with Gasteiger partial charge in [-0.15, -0.1) is 6.58 Å². The van der Waals surface area contributed by atoms with Crippen LogP contribution in [0.3, 0.4) is 0 Å². The third-order valence-corrected chi connectivity index (χ3v) is 2.56. The Kier molecular flexibility index (Phi) is 5.96. The first-order valence-corrected chi connectivity index (χ1v) is 5.46. The number of rotatable bonds is 7. The highest BCUT2D eigenvalue weighted by Crippen LogP contribution is 1.88. The number of aliphatic hydroxyl groups is 1.